The zero-order valence-electron chi connectivity index (χ0n) is 6.38. The van der Waals surface area contributed by atoms with Gasteiger partial charge in [0.2, 0.25) is 0 Å². The van der Waals surface area contributed by atoms with Gasteiger partial charge in [-0.3, -0.25) is 0 Å². The highest BCUT2D eigenvalue weighted by atomic mass is 79.9. The molecule has 0 spiro atoms. The summed E-state index contributed by atoms with van der Waals surface area (Å²) in [7, 11) is 0. The van der Waals surface area contributed by atoms with Crippen molar-refractivity contribution in [1.29, 1.82) is 0 Å². The second kappa shape index (κ2) is 3.22. The number of hydrogen-bond donors (Lipinski definition) is 1. The highest BCUT2D eigenvalue weighted by Crippen LogP contribution is 2.26. The molecule has 1 aromatic rings. The number of hydrogen-bond acceptors (Lipinski definition) is 4. The fraction of sp³-hybridized carbons (Fsp3) is 0.429. The maximum Gasteiger partial charge on any atom is 0.198 e. The Balaban J connectivity index is 2.53. The number of anilines is 1. The van der Waals surface area contributed by atoms with Gasteiger partial charge in [-0.2, -0.15) is 11.8 Å². The van der Waals surface area contributed by atoms with Crippen LogP contribution in [-0.2, 0) is 12.2 Å². The summed E-state index contributed by atoms with van der Waals surface area (Å²) in [6.07, 6.45) is 0.999. The first-order valence-corrected chi connectivity index (χ1v) is 5.60. The number of aromatic nitrogens is 2. The molecule has 64 valence electrons. The summed E-state index contributed by atoms with van der Waals surface area (Å²) in [6.45, 7) is 0. The van der Waals surface area contributed by atoms with Crippen LogP contribution in [0.25, 0.3) is 0 Å². The predicted molar refractivity (Wildman–Crippen MR) is 54.0 cm³/mol. The van der Waals surface area contributed by atoms with Gasteiger partial charge < -0.3 is 5.73 Å². The molecule has 2 N–H and O–H groups in total. The topological polar surface area (TPSA) is 51.8 Å². The van der Waals surface area contributed by atoms with Gasteiger partial charge in [0, 0.05) is 11.3 Å². The molecule has 0 aliphatic carbocycles. The van der Waals surface area contributed by atoms with E-state index in [9.17, 15) is 0 Å². The number of nitrogens with zero attached hydrogens (tertiary/aromatic N) is 2. The summed E-state index contributed by atoms with van der Waals surface area (Å²) in [6, 6.07) is 0. The molecular weight excluding hydrogens is 238 g/mol. The Hall–Kier alpha value is -0.290. The number of rotatable bonds is 0. The van der Waals surface area contributed by atoms with E-state index in [1.54, 1.807) is 0 Å². The van der Waals surface area contributed by atoms with E-state index in [1.165, 1.54) is 0 Å². The summed E-state index contributed by atoms with van der Waals surface area (Å²) < 4.78 is 0.598. The Labute approximate surface area is 83.3 Å². The van der Waals surface area contributed by atoms with Crippen molar-refractivity contribution >= 4 is 33.5 Å². The summed E-state index contributed by atoms with van der Waals surface area (Å²) in [5.74, 6) is 2.72. The van der Waals surface area contributed by atoms with Crippen molar-refractivity contribution in [3.05, 3.63) is 16.0 Å². The second-order valence-electron chi connectivity index (χ2n) is 2.61. The van der Waals surface area contributed by atoms with Gasteiger partial charge in [-0.1, -0.05) is 0 Å². The number of nitrogen functional groups attached to an aromatic ring is 1. The van der Waals surface area contributed by atoms with Crippen LogP contribution < -0.4 is 5.73 Å². The summed E-state index contributed by atoms with van der Waals surface area (Å²) in [5, 5.41) is 0. The van der Waals surface area contributed by atoms with Crippen LogP contribution in [0.15, 0.2) is 4.73 Å². The number of thioether (sulfide) groups is 1. The molecule has 12 heavy (non-hydrogen) atoms. The Kier molecular flexibility index (Phi) is 2.23. The summed E-state index contributed by atoms with van der Waals surface area (Å²) in [4.78, 5) is 8.34. The van der Waals surface area contributed by atoms with Crippen LogP contribution in [-0.4, -0.2) is 15.7 Å². The predicted octanol–water partition coefficient (Wildman–Crippen LogP) is 1.61. The first-order valence-electron chi connectivity index (χ1n) is 3.66. The smallest absolute Gasteiger partial charge is 0.198 e. The van der Waals surface area contributed by atoms with Crippen molar-refractivity contribution in [2.45, 2.75) is 12.2 Å². The molecule has 1 aliphatic heterocycles. The molecule has 2 rings (SSSR count). The third-order valence-corrected chi connectivity index (χ3v) is 3.16. The Morgan fingerprint density at radius 2 is 2.25 bits per heavy atom. The van der Waals surface area contributed by atoms with Gasteiger partial charge in [-0.05, 0) is 28.1 Å². The van der Waals surface area contributed by atoms with Crippen molar-refractivity contribution in [1.82, 2.24) is 9.97 Å². The molecule has 0 atom stereocenters. The van der Waals surface area contributed by atoms with Crippen LogP contribution in [0.5, 0.6) is 0 Å². The maximum atomic E-state index is 5.75. The van der Waals surface area contributed by atoms with Crippen molar-refractivity contribution in [3.63, 3.8) is 0 Å². The lowest BCUT2D eigenvalue weighted by molar-refractivity contribution is 0.958. The molecule has 1 aromatic heterocycles. The van der Waals surface area contributed by atoms with Gasteiger partial charge in [0.25, 0.3) is 0 Å². The largest absolute Gasteiger partial charge is 0.383 e. The fourth-order valence-corrected chi connectivity index (χ4v) is 2.58. The zero-order valence-corrected chi connectivity index (χ0v) is 8.78. The number of halogens is 1. The second-order valence-corrected chi connectivity index (χ2v) is 4.42. The van der Waals surface area contributed by atoms with E-state index in [2.05, 4.69) is 25.9 Å². The van der Waals surface area contributed by atoms with Crippen molar-refractivity contribution in [2.24, 2.45) is 0 Å². The van der Waals surface area contributed by atoms with Crippen LogP contribution in [0.2, 0.25) is 0 Å². The minimum absolute atomic E-state index is 0.598. The van der Waals surface area contributed by atoms with Crippen LogP contribution in [0.4, 0.5) is 5.82 Å². The summed E-state index contributed by atoms with van der Waals surface area (Å²) >= 11 is 5.12. The normalized spacial score (nSPS) is 15.8. The average Bonchev–Trinajstić information content (AvgIpc) is 2.04. The van der Waals surface area contributed by atoms with E-state index in [4.69, 9.17) is 5.73 Å². The minimum Gasteiger partial charge on any atom is -0.383 e. The Morgan fingerprint density at radius 1 is 1.42 bits per heavy atom. The van der Waals surface area contributed by atoms with E-state index >= 15 is 0 Å². The molecule has 2 heterocycles. The number of fused-ring (bicyclic) bond motifs is 1. The first kappa shape index (κ1) is 8.31. The standard InChI is InChI=1S/C7H8BrN3S/c8-7-10-5-3-12-2-1-4(5)6(9)11-7/h1-3H2,(H2,9,10,11). The van der Waals surface area contributed by atoms with E-state index < -0.39 is 0 Å². The average molecular weight is 246 g/mol. The molecule has 1 aliphatic rings. The van der Waals surface area contributed by atoms with Crippen LogP contribution >= 0.6 is 27.7 Å². The lowest BCUT2D eigenvalue weighted by atomic mass is 10.1. The highest BCUT2D eigenvalue weighted by Gasteiger charge is 2.15. The molecule has 5 heteroatoms. The maximum absolute atomic E-state index is 5.75. The molecule has 0 aromatic carbocycles. The minimum atomic E-state index is 0.598. The van der Waals surface area contributed by atoms with Gasteiger partial charge in [0.05, 0.1) is 5.69 Å². The fourth-order valence-electron chi connectivity index (χ4n) is 1.25. The third kappa shape index (κ3) is 1.43. The summed E-state index contributed by atoms with van der Waals surface area (Å²) in [5.41, 5.74) is 7.98. The van der Waals surface area contributed by atoms with E-state index in [0.717, 1.165) is 29.2 Å². The number of nitrogens with two attached hydrogens (primary N) is 1. The molecule has 0 saturated heterocycles. The van der Waals surface area contributed by atoms with Crippen LogP contribution in [0.1, 0.15) is 11.3 Å². The van der Waals surface area contributed by atoms with Gasteiger partial charge in [0.15, 0.2) is 4.73 Å². The molecule has 0 amide bonds. The third-order valence-electron chi connectivity index (χ3n) is 1.83. The van der Waals surface area contributed by atoms with E-state index in [0.29, 0.717) is 10.6 Å². The van der Waals surface area contributed by atoms with Gasteiger partial charge in [0.1, 0.15) is 5.82 Å². The van der Waals surface area contributed by atoms with Crippen LogP contribution in [0.3, 0.4) is 0 Å². The molecule has 0 fully saturated rings. The lowest BCUT2D eigenvalue weighted by Gasteiger charge is -2.15. The molecule has 0 radical (unpaired) electrons. The highest BCUT2D eigenvalue weighted by molar-refractivity contribution is 9.10. The Bertz CT molecular complexity index is 316. The molecule has 0 saturated carbocycles. The van der Waals surface area contributed by atoms with E-state index in [-0.39, 0.29) is 0 Å². The lowest BCUT2D eigenvalue weighted by Crippen LogP contribution is -2.10. The first-order chi connectivity index (χ1) is 5.77. The zero-order chi connectivity index (χ0) is 8.55. The van der Waals surface area contributed by atoms with Crippen molar-refractivity contribution < 1.29 is 0 Å². The molecule has 0 unspecified atom stereocenters. The van der Waals surface area contributed by atoms with Gasteiger partial charge >= 0.3 is 0 Å². The van der Waals surface area contributed by atoms with Gasteiger partial charge in [-0.25, -0.2) is 9.97 Å². The SMILES string of the molecule is Nc1nc(Br)nc2c1CCSC2. The van der Waals surface area contributed by atoms with E-state index in [1.807, 2.05) is 11.8 Å². The van der Waals surface area contributed by atoms with Crippen LogP contribution in [0, 0.1) is 0 Å². The molecule has 3 nitrogen and oxygen atoms in total. The van der Waals surface area contributed by atoms with Crippen molar-refractivity contribution in [2.75, 3.05) is 11.5 Å². The Morgan fingerprint density at radius 3 is 3.08 bits per heavy atom. The molecule has 0 bridgehead atoms. The monoisotopic (exact) mass is 245 g/mol. The van der Waals surface area contributed by atoms with Gasteiger partial charge in [-0.15, -0.1) is 0 Å². The van der Waals surface area contributed by atoms with Crippen molar-refractivity contribution in [3.8, 4) is 0 Å². The quantitative estimate of drug-likeness (QED) is 0.706. The molecular formula is C7H8BrN3S.